The average molecular weight is 204 g/mol. The van der Waals surface area contributed by atoms with Crippen LogP contribution in [0.25, 0.3) is 0 Å². The van der Waals surface area contributed by atoms with Crippen LogP contribution in [0.4, 0.5) is 4.39 Å². The van der Waals surface area contributed by atoms with Gasteiger partial charge in [0.15, 0.2) is 11.6 Å². The molecule has 0 radical (unpaired) electrons. The zero-order chi connectivity index (χ0) is 9.84. The molecular formula is C9H11ClFNO. The molecule has 0 fully saturated rings. The largest absolute Gasteiger partial charge is 0.505 e. The van der Waals surface area contributed by atoms with Gasteiger partial charge < -0.3 is 10.4 Å². The van der Waals surface area contributed by atoms with Crippen LogP contribution in [0.15, 0.2) is 12.1 Å². The zero-order valence-electron chi connectivity index (χ0n) is 7.27. The van der Waals surface area contributed by atoms with Crippen molar-refractivity contribution in [1.29, 1.82) is 0 Å². The quantitative estimate of drug-likeness (QED) is 0.787. The molecule has 0 unspecified atom stereocenters. The molecule has 0 aliphatic heterocycles. The topological polar surface area (TPSA) is 32.3 Å². The minimum Gasteiger partial charge on any atom is -0.505 e. The van der Waals surface area contributed by atoms with Gasteiger partial charge in [-0.2, -0.15) is 0 Å². The number of nitrogens with one attached hydrogen (secondary N) is 1. The molecule has 0 saturated carbocycles. The summed E-state index contributed by atoms with van der Waals surface area (Å²) in [4.78, 5) is 0. The highest BCUT2D eigenvalue weighted by Gasteiger charge is 2.08. The maximum absolute atomic E-state index is 12.9. The van der Waals surface area contributed by atoms with E-state index >= 15 is 0 Å². The lowest BCUT2D eigenvalue weighted by Crippen LogP contribution is -2.10. The number of hydrogen-bond donors (Lipinski definition) is 2. The number of likely N-dealkylation sites (N-methyl/N-ethyl adjacent to an activating group) is 1. The van der Waals surface area contributed by atoms with Gasteiger partial charge in [-0.15, -0.1) is 0 Å². The monoisotopic (exact) mass is 203 g/mol. The van der Waals surface area contributed by atoms with E-state index in [1.807, 2.05) is 0 Å². The molecule has 0 spiro atoms. The van der Waals surface area contributed by atoms with Crippen molar-refractivity contribution >= 4 is 11.6 Å². The number of halogens is 2. The summed E-state index contributed by atoms with van der Waals surface area (Å²) in [5.74, 6) is -0.974. The van der Waals surface area contributed by atoms with Crippen LogP contribution >= 0.6 is 11.6 Å². The number of phenolic OH excluding ortho intramolecular Hbond substituents is 1. The lowest BCUT2D eigenvalue weighted by Gasteiger charge is -2.05. The summed E-state index contributed by atoms with van der Waals surface area (Å²) in [6.07, 6.45) is 0.555. The summed E-state index contributed by atoms with van der Waals surface area (Å²) in [5, 5.41) is 12.5. The number of benzene rings is 1. The molecule has 0 heterocycles. The van der Waals surface area contributed by atoms with Crippen molar-refractivity contribution in [1.82, 2.24) is 5.32 Å². The molecule has 0 saturated heterocycles. The number of phenols is 1. The van der Waals surface area contributed by atoms with E-state index in [4.69, 9.17) is 11.6 Å². The van der Waals surface area contributed by atoms with E-state index in [9.17, 15) is 9.50 Å². The van der Waals surface area contributed by atoms with Crippen LogP contribution in [-0.4, -0.2) is 18.7 Å². The van der Waals surface area contributed by atoms with Crippen LogP contribution in [0.3, 0.4) is 0 Å². The second kappa shape index (κ2) is 4.44. The number of rotatable bonds is 3. The Bertz CT molecular complexity index is 304. The Hall–Kier alpha value is -0.800. The number of aromatic hydroxyl groups is 1. The Kier molecular flexibility index (Phi) is 3.51. The van der Waals surface area contributed by atoms with E-state index in [0.717, 1.165) is 6.07 Å². The maximum Gasteiger partial charge on any atom is 0.166 e. The molecule has 0 aromatic heterocycles. The minimum absolute atomic E-state index is 0.306. The molecule has 4 heteroatoms. The Morgan fingerprint density at radius 2 is 2.23 bits per heavy atom. The molecule has 1 rings (SSSR count). The van der Waals surface area contributed by atoms with E-state index < -0.39 is 5.82 Å². The zero-order valence-corrected chi connectivity index (χ0v) is 8.03. The highest BCUT2D eigenvalue weighted by atomic mass is 35.5. The van der Waals surface area contributed by atoms with Gasteiger partial charge in [0, 0.05) is 5.02 Å². The first kappa shape index (κ1) is 10.3. The first-order valence-corrected chi connectivity index (χ1v) is 4.34. The first-order chi connectivity index (χ1) is 6.15. The van der Waals surface area contributed by atoms with E-state index in [2.05, 4.69) is 5.32 Å². The van der Waals surface area contributed by atoms with Crippen molar-refractivity contribution in [2.24, 2.45) is 0 Å². The van der Waals surface area contributed by atoms with E-state index in [1.165, 1.54) is 0 Å². The lowest BCUT2D eigenvalue weighted by atomic mass is 10.1. The SMILES string of the molecule is CNCCc1cc(Cl)cc(F)c1O. The second-order valence-corrected chi connectivity index (χ2v) is 3.19. The minimum atomic E-state index is -0.668. The van der Waals surface area contributed by atoms with E-state index in [-0.39, 0.29) is 5.75 Å². The van der Waals surface area contributed by atoms with Gasteiger partial charge in [-0.3, -0.25) is 0 Å². The third-order valence-corrected chi connectivity index (χ3v) is 1.97. The standard InChI is InChI=1S/C9H11ClFNO/c1-12-3-2-6-4-7(10)5-8(11)9(6)13/h4-5,12-13H,2-3H2,1H3. The molecule has 72 valence electrons. The predicted molar refractivity (Wildman–Crippen MR) is 50.7 cm³/mol. The van der Waals surface area contributed by atoms with Gasteiger partial charge in [0.1, 0.15) is 0 Å². The molecule has 1 aromatic carbocycles. The van der Waals surface area contributed by atoms with Crippen molar-refractivity contribution in [3.8, 4) is 5.75 Å². The van der Waals surface area contributed by atoms with Crippen LogP contribution in [0.5, 0.6) is 5.75 Å². The van der Waals surface area contributed by atoms with Gasteiger partial charge in [-0.1, -0.05) is 11.6 Å². The van der Waals surface area contributed by atoms with Crippen LogP contribution in [-0.2, 0) is 6.42 Å². The molecule has 2 N–H and O–H groups in total. The second-order valence-electron chi connectivity index (χ2n) is 2.75. The fourth-order valence-corrected chi connectivity index (χ4v) is 1.30. The highest BCUT2D eigenvalue weighted by molar-refractivity contribution is 6.30. The molecule has 2 nitrogen and oxygen atoms in total. The van der Waals surface area contributed by atoms with Crippen molar-refractivity contribution in [2.75, 3.05) is 13.6 Å². The van der Waals surface area contributed by atoms with Gasteiger partial charge in [-0.25, -0.2) is 4.39 Å². The Morgan fingerprint density at radius 1 is 1.54 bits per heavy atom. The molecule has 0 atom stereocenters. The summed E-state index contributed by atoms with van der Waals surface area (Å²) >= 11 is 5.63. The summed E-state index contributed by atoms with van der Waals surface area (Å²) in [6.45, 7) is 0.674. The molecule has 0 aliphatic rings. The van der Waals surface area contributed by atoms with Gasteiger partial charge in [0.2, 0.25) is 0 Å². The third kappa shape index (κ3) is 2.57. The fourth-order valence-electron chi connectivity index (χ4n) is 1.07. The summed E-state index contributed by atoms with van der Waals surface area (Å²) in [6, 6.07) is 2.66. The van der Waals surface area contributed by atoms with Gasteiger partial charge in [0.05, 0.1) is 0 Å². The van der Waals surface area contributed by atoms with E-state index in [1.54, 1.807) is 13.1 Å². The first-order valence-electron chi connectivity index (χ1n) is 3.96. The van der Waals surface area contributed by atoms with Crippen molar-refractivity contribution in [3.05, 3.63) is 28.5 Å². The lowest BCUT2D eigenvalue weighted by molar-refractivity contribution is 0.425. The van der Waals surface area contributed by atoms with Gasteiger partial charge in [-0.05, 0) is 37.7 Å². The fraction of sp³-hybridized carbons (Fsp3) is 0.333. The van der Waals surface area contributed by atoms with Gasteiger partial charge >= 0.3 is 0 Å². The van der Waals surface area contributed by atoms with Crippen molar-refractivity contribution in [3.63, 3.8) is 0 Å². The Morgan fingerprint density at radius 3 is 2.85 bits per heavy atom. The van der Waals surface area contributed by atoms with Gasteiger partial charge in [0.25, 0.3) is 0 Å². The molecule has 0 amide bonds. The number of hydrogen-bond acceptors (Lipinski definition) is 2. The molecule has 1 aromatic rings. The molecular weight excluding hydrogens is 193 g/mol. The maximum atomic E-state index is 12.9. The molecule has 0 aliphatic carbocycles. The normalized spacial score (nSPS) is 10.4. The van der Waals surface area contributed by atoms with Crippen LogP contribution < -0.4 is 5.32 Å². The summed E-state index contributed by atoms with van der Waals surface area (Å²) in [5.41, 5.74) is 0.527. The summed E-state index contributed by atoms with van der Waals surface area (Å²) in [7, 11) is 1.79. The highest BCUT2D eigenvalue weighted by Crippen LogP contribution is 2.25. The van der Waals surface area contributed by atoms with Crippen LogP contribution in [0.1, 0.15) is 5.56 Å². The Balaban J connectivity index is 2.92. The molecule has 13 heavy (non-hydrogen) atoms. The third-order valence-electron chi connectivity index (χ3n) is 1.75. The van der Waals surface area contributed by atoms with Crippen LogP contribution in [0.2, 0.25) is 5.02 Å². The summed E-state index contributed by atoms with van der Waals surface area (Å²) < 4.78 is 12.9. The van der Waals surface area contributed by atoms with Crippen molar-refractivity contribution < 1.29 is 9.50 Å². The molecule has 0 bridgehead atoms. The predicted octanol–water partition coefficient (Wildman–Crippen LogP) is 1.95. The Labute approximate surface area is 81.3 Å². The van der Waals surface area contributed by atoms with Crippen molar-refractivity contribution in [2.45, 2.75) is 6.42 Å². The average Bonchev–Trinajstić information content (AvgIpc) is 2.09. The van der Waals surface area contributed by atoms with E-state index in [0.29, 0.717) is 23.6 Å². The van der Waals surface area contributed by atoms with Crippen LogP contribution in [0, 0.1) is 5.82 Å². The smallest absolute Gasteiger partial charge is 0.166 e.